The smallest absolute Gasteiger partial charge is 0.326 e. The molecule has 0 saturated heterocycles. The number of hydrogen-bond acceptors (Lipinski definition) is 13. The Morgan fingerprint density at radius 3 is 1.54 bits per heavy atom. The summed E-state index contributed by atoms with van der Waals surface area (Å²) < 4.78 is 0. The van der Waals surface area contributed by atoms with Crippen molar-refractivity contribution < 1.29 is 53.7 Å². The number of nitrogens with one attached hydrogen (secondary N) is 6. The molecule has 0 heterocycles. The van der Waals surface area contributed by atoms with Crippen LogP contribution in [-0.4, -0.2) is 137 Å². The molecular weight excluding hydrogens is 752 g/mol. The van der Waals surface area contributed by atoms with Crippen LogP contribution in [0, 0.1) is 11.8 Å². The molecule has 0 aromatic rings. The molecule has 0 unspecified atom stereocenters. The van der Waals surface area contributed by atoms with E-state index in [0.29, 0.717) is 12.8 Å². The van der Waals surface area contributed by atoms with Crippen LogP contribution in [0.1, 0.15) is 79.1 Å². The molecule has 0 aromatic heterocycles. The zero-order valence-corrected chi connectivity index (χ0v) is 33.1. The monoisotopic (exact) mass is 816 g/mol. The molecule has 326 valence electrons. The first kappa shape index (κ1) is 51.9. The van der Waals surface area contributed by atoms with E-state index >= 15 is 0 Å². The molecule has 0 spiro atoms. The molecule has 0 aliphatic rings. The third-order valence-corrected chi connectivity index (χ3v) is 8.40. The first-order valence-electron chi connectivity index (χ1n) is 18.7. The number of aliphatic hydroxyl groups excluding tert-OH is 2. The molecule has 0 aliphatic carbocycles. The summed E-state index contributed by atoms with van der Waals surface area (Å²) in [5.41, 5.74) is 27.0. The number of carbonyl (C=O) groups is 8. The molecular formula is C34H64N12O11. The van der Waals surface area contributed by atoms with Crippen LogP contribution in [0.3, 0.4) is 0 Å². The number of carbonyl (C=O) groups excluding carboxylic acids is 7. The molecule has 23 nitrogen and oxygen atoms in total. The van der Waals surface area contributed by atoms with E-state index in [4.69, 9.17) is 28.7 Å². The molecule has 7 atom stereocenters. The first-order valence-corrected chi connectivity index (χ1v) is 18.7. The number of aliphatic carboxylic acids is 1. The lowest BCUT2D eigenvalue weighted by molar-refractivity contribution is -0.143. The lowest BCUT2D eigenvalue weighted by Gasteiger charge is -2.29. The summed E-state index contributed by atoms with van der Waals surface area (Å²) in [6.45, 7) is 5.33. The summed E-state index contributed by atoms with van der Waals surface area (Å²) >= 11 is 0. The molecule has 23 heteroatoms. The maximum Gasteiger partial charge on any atom is 0.326 e. The quantitative estimate of drug-likeness (QED) is 0.0190. The SMILES string of the molecule is CC(C)C[C@H](NC(=O)[C@H](CCCCN)NC(=O)[C@H](CO)NC(=O)[C@H](CO)NC(=O)[C@@H](N)CCC(N)=O)C(=O)N[C@H](C(=O)N[C@@H](CCCN=C(N)N)C(=O)O)C(C)C. The van der Waals surface area contributed by atoms with Crippen molar-refractivity contribution >= 4 is 53.3 Å². The number of amides is 7. The Balaban J connectivity index is 6.01. The molecule has 0 saturated carbocycles. The van der Waals surface area contributed by atoms with Crippen molar-refractivity contribution in [2.75, 3.05) is 26.3 Å². The van der Waals surface area contributed by atoms with Crippen LogP contribution in [0.2, 0.25) is 0 Å². The summed E-state index contributed by atoms with van der Waals surface area (Å²) in [4.78, 5) is 106. The first-order chi connectivity index (χ1) is 26.7. The number of hydrogen-bond donors (Lipinski definition) is 14. The number of primary amides is 1. The van der Waals surface area contributed by atoms with Crippen molar-refractivity contribution in [1.82, 2.24) is 31.9 Å². The van der Waals surface area contributed by atoms with E-state index in [9.17, 15) is 53.7 Å². The third kappa shape index (κ3) is 21.1. The second-order valence-corrected chi connectivity index (χ2v) is 14.2. The summed E-state index contributed by atoms with van der Waals surface area (Å²) in [6.07, 6.45) is 0.780. The van der Waals surface area contributed by atoms with E-state index in [1.54, 1.807) is 27.7 Å². The fourth-order valence-electron chi connectivity index (χ4n) is 5.19. The summed E-state index contributed by atoms with van der Waals surface area (Å²) in [7, 11) is 0. The molecule has 0 radical (unpaired) electrons. The zero-order chi connectivity index (χ0) is 43.8. The van der Waals surface area contributed by atoms with Crippen LogP contribution in [0.4, 0.5) is 0 Å². The van der Waals surface area contributed by atoms with E-state index in [0.717, 1.165) is 0 Å². The molecule has 0 bridgehead atoms. The third-order valence-electron chi connectivity index (χ3n) is 8.40. The van der Waals surface area contributed by atoms with Gasteiger partial charge < -0.3 is 75.9 Å². The number of aliphatic hydroxyl groups is 2. The Bertz CT molecular complexity index is 1380. The van der Waals surface area contributed by atoms with Gasteiger partial charge in [0.25, 0.3) is 0 Å². The topological polar surface area (TPSA) is 412 Å². The standard InChI is InChI=1S/C34H64N12O11/c1-17(2)14-22(29(52)46-26(18(3)4)32(55)42-21(33(56)57)9-7-13-40-34(38)39)43-28(51)20(8-5-6-12-35)41-30(53)24(16-48)45-31(54)23(15-47)44-27(50)19(36)10-11-25(37)49/h17-24,26,47-48H,5-16,35-36H2,1-4H3,(H2,37,49)(H,41,53)(H,42,55)(H,43,51)(H,44,50)(H,45,54)(H,46,52)(H,56,57)(H4,38,39,40)/t19-,20-,21-,22-,23-,24-,26-/m0/s1. The minimum Gasteiger partial charge on any atom is -0.480 e. The number of nitrogens with two attached hydrogens (primary N) is 5. The molecule has 0 rings (SSSR count). The summed E-state index contributed by atoms with van der Waals surface area (Å²) in [5.74, 6) is -8.21. The van der Waals surface area contributed by atoms with Gasteiger partial charge in [0, 0.05) is 13.0 Å². The molecule has 0 fully saturated rings. The average molecular weight is 817 g/mol. The van der Waals surface area contributed by atoms with Gasteiger partial charge >= 0.3 is 5.97 Å². The number of aliphatic imine (C=N–C) groups is 1. The van der Waals surface area contributed by atoms with E-state index in [2.05, 4.69) is 36.9 Å². The van der Waals surface area contributed by atoms with E-state index in [1.165, 1.54) is 0 Å². The number of unbranched alkanes of at least 4 members (excludes halogenated alkanes) is 1. The Kier molecular flexibility index (Phi) is 25.0. The number of rotatable bonds is 29. The Morgan fingerprint density at radius 1 is 0.596 bits per heavy atom. The maximum absolute atomic E-state index is 13.7. The van der Waals surface area contributed by atoms with Gasteiger partial charge in [-0.2, -0.15) is 0 Å². The van der Waals surface area contributed by atoms with Crippen molar-refractivity contribution in [3.63, 3.8) is 0 Å². The summed E-state index contributed by atoms with van der Waals surface area (Å²) in [6, 6.07) is -9.59. The van der Waals surface area contributed by atoms with Gasteiger partial charge in [0.05, 0.1) is 19.3 Å². The largest absolute Gasteiger partial charge is 0.480 e. The van der Waals surface area contributed by atoms with Crippen molar-refractivity contribution in [2.45, 2.75) is 121 Å². The number of nitrogens with zero attached hydrogens (tertiary/aromatic N) is 1. The van der Waals surface area contributed by atoms with Gasteiger partial charge in [-0.25, -0.2) is 4.79 Å². The molecule has 0 aliphatic heterocycles. The summed E-state index contributed by atoms with van der Waals surface area (Å²) in [5, 5.41) is 43.8. The lowest BCUT2D eigenvalue weighted by atomic mass is 9.98. The number of guanidine groups is 1. The van der Waals surface area contributed by atoms with Crippen LogP contribution in [0.15, 0.2) is 4.99 Å². The predicted octanol–water partition coefficient (Wildman–Crippen LogP) is -5.56. The van der Waals surface area contributed by atoms with Crippen molar-refractivity contribution in [1.29, 1.82) is 0 Å². The number of carboxylic acid groups (broad SMARTS) is 1. The second kappa shape index (κ2) is 27.5. The van der Waals surface area contributed by atoms with E-state index in [-0.39, 0.29) is 63.5 Å². The number of carboxylic acids is 1. The van der Waals surface area contributed by atoms with E-state index in [1.807, 2.05) is 0 Å². The maximum atomic E-state index is 13.7. The predicted molar refractivity (Wildman–Crippen MR) is 207 cm³/mol. The zero-order valence-electron chi connectivity index (χ0n) is 33.1. The Hall–Kier alpha value is -5.13. The fourth-order valence-corrected chi connectivity index (χ4v) is 5.19. The normalized spacial score (nSPS) is 14.8. The molecule has 19 N–H and O–H groups in total. The Labute approximate surface area is 331 Å². The molecule has 0 aromatic carbocycles. The van der Waals surface area contributed by atoms with Crippen LogP contribution >= 0.6 is 0 Å². The second-order valence-electron chi connectivity index (χ2n) is 14.2. The van der Waals surface area contributed by atoms with Crippen LogP contribution in [0.5, 0.6) is 0 Å². The highest BCUT2D eigenvalue weighted by atomic mass is 16.4. The Morgan fingerprint density at radius 2 is 1.07 bits per heavy atom. The van der Waals surface area contributed by atoms with Gasteiger partial charge in [-0.05, 0) is 63.3 Å². The minimum absolute atomic E-state index is 0.00625. The van der Waals surface area contributed by atoms with E-state index < -0.39 is 109 Å². The van der Waals surface area contributed by atoms with Gasteiger partial charge in [-0.15, -0.1) is 0 Å². The average Bonchev–Trinajstić information content (AvgIpc) is 3.13. The van der Waals surface area contributed by atoms with Gasteiger partial charge in [-0.1, -0.05) is 27.7 Å². The van der Waals surface area contributed by atoms with Crippen molar-refractivity contribution in [2.24, 2.45) is 45.5 Å². The molecule has 7 amide bonds. The minimum atomic E-state index is -1.67. The van der Waals surface area contributed by atoms with Crippen LogP contribution in [0.25, 0.3) is 0 Å². The highest BCUT2D eigenvalue weighted by Gasteiger charge is 2.34. The lowest BCUT2D eigenvalue weighted by Crippen LogP contribution is -2.61. The van der Waals surface area contributed by atoms with Gasteiger partial charge in [0.2, 0.25) is 41.4 Å². The fraction of sp³-hybridized carbons (Fsp3) is 0.735. The van der Waals surface area contributed by atoms with Gasteiger partial charge in [-0.3, -0.25) is 38.6 Å². The van der Waals surface area contributed by atoms with Crippen molar-refractivity contribution in [3.05, 3.63) is 0 Å². The molecule has 57 heavy (non-hydrogen) atoms. The highest BCUT2D eigenvalue weighted by Crippen LogP contribution is 2.11. The van der Waals surface area contributed by atoms with Gasteiger partial charge in [0.15, 0.2) is 5.96 Å². The van der Waals surface area contributed by atoms with Crippen LogP contribution < -0.4 is 60.6 Å². The highest BCUT2D eigenvalue weighted by molar-refractivity contribution is 5.97. The van der Waals surface area contributed by atoms with Crippen molar-refractivity contribution in [3.8, 4) is 0 Å². The van der Waals surface area contributed by atoms with Crippen LogP contribution in [-0.2, 0) is 38.4 Å². The van der Waals surface area contributed by atoms with Gasteiger partial charge in [0.1, 0.15) is 36.3 Å².